The van der Waals surface area contributed by atoms with Crippen LogP contribution < -0.4 is 10.5 Å². The summed E-state index contributed by atoms with van der Waals surface area (Å²) in [7, 11) is 1.29. The molecule has 3 N–H and O–H groups in total. The molecule has 1 aromatic carbocycles. The summed E-state index contributed by atoms with van der Waals surface area (Å²) in [5.74, 6) is -0.805. The van der Waals surface area contributed by atoms with Gasteiger partial charge in [0.2, 0.25) is 0 Å². The highest BCUT2D eigenvalue weighted by Gasteiger charge is 2.43. The maximum Gasteiger partial charge on any atom is 0.416 e. The lowest BCUT2D eigenvalue weighted by molar-refractivity contribution is -0.210. The summed E-state index contributed by atoms with van der Waals surface area (Å²) < 4.78 is 54.6. The molecule has 0 amide bonds. The van der Waals surface area contributed by atoms with Crippen LogP contribution in [0.2, 0.25) is 0 Å². The monoisotopic (exact) mass is 253 g/mol. The fraction of sp³-hybridized carbons (Fsp3) is 0.400. The Bertz CT molecular complexity index is 394. The van der Waals surface area contributed by atoms with Crippen LogP contribution in [-0.2, 0) is 0 Å². The van der Waals surface area contributed by atoms with E-state index >= 15 is 0 Å². The molecule has 3 nitrogen and oxygen atoms in total. The second-order valence-corrected chi connectivity index (χ2v) is 3.40. The van der Waals surface area contributed by atoms with Crippen LogP contribution in [-0.4, -0.2) is 24.5 Å². The molecule has 0 unspecified atom stereocenters. The predicted molar refractivity (Wildman–Crippen MR) is 51.9 cm³/mol. The third kappa shape index (κ3) is 3.07. The van der Waals surface area contributed by atoms with E-state index < -0.39 is 29.7 Å². The molecule has 0 radical (unpaired) electrons. The van der Waals surface area contributed by atoms with Crippen molar-refractivity contribution in [2.24, 2.45) is 5.73 Å². The fourth-order valence-electron chi connectivity index (χ4n) is 1.28. The minimum atomic E-state index is -4.90. The zero-order chi connectivity index (χ0) is 13.2. The van der Waals surface area contributed by atoms with Crippen molar-refractivity contribution in [2.45, 2.75) is 18.3 Å². The Balaban J connectivity index is 3.01. The van der Waals surface area contributed by atoms with Gasteiger partial charge in [0.1, 0.15) is 11.6 Å². The van der Waals surface area contributed by atoms with Crippen LogP contribution in [0.5, 0.6) is 5.75 Å². The minimum absolute atomic E-state index is 0.153. The second-order valence-electron chi connectivity index (χ2n) is 3.40. The Morgan fingerprint density at radius 1 is 1.35 bits per heavy atom. The number of hydrogen-bond donors (Lipinski definition) is 2. The highest BCUT2D eigenvalue weighted by Crippen LogP contribution is 2.30. The van der Waals surface area contributed by atoms with Gasteiger partial charge in [-0.05, 0) is 6.07 Å². The van der Waals surface area contributed by atoms with E-state index in [2.05, 4.69) is 0 Å². The second kappa shape index (κ2) is 4.89. The first kappa shape index (κ1) is 13.7. The summed E-state index contributed by atoms with van der Waals surface area (Å²) in [5, 5.41) is 8.91. The molecule has 96 valence electrons. The van der Waals surface area contributed by atoms with Crippen LogP contribution in [0.3, 0.4) is 0 Å². The normalized spacial score (nSPS) is 15.5. The predicted octanol–water partition coefficient (Wildman–Crippen LogP) is 1.76. The van der Waals surface area contributed by atoms with Crippen molar-refractivity contribution in [3.8, 4) is 5.75 Å². The third-order valence-corrected chi connectivity index (χ3v) is 2.24. The maximum atomic E-state index is 13.4. The van der Waals surface area contributed by atoms with Gasteiger partial charge in [0.15, 0.2) is 6.10 Å². The van der Waals surface area contributed by atoms with Gasteiger partial charge in [-0.25, -0.2) is 4.39 Å². The van der Waals surface area contributed by atoms with Crippen molar-refractivity contribution < 1.29 is 27.4 Å². The van der Waals surface area contributed by atoms with Crippen molar-refractivity contribution in [1.82, 2.24) is 0 Å². The average Bonchev–Trinajstić information content (AvgIpc) is 2.25. The fourth-order valence-corrected chi connectivity index (χ4v) is 1.28. The van der Waals surface area contributed by atoms with Crippen molar-refractivity contribution in [3.63, 3.8) is 0 Å². The van der Waals surface area contributed by atoms with E-state index in [4.69, 9.17) is 15.6 Å². The first-order chi connectivity index (χ1) is 7.77. The number of halogens is 4. The maximum absolute atomic E-state index is 13.4. The van der Waals surface area contributed by atoms with Gasteiger partial charge >= 0.3 is 6.18 Å². The van der Waals surface area contributed by atoms with Gasteiger partial charge in [0, 0.05) is 11.6 Å². The molecule has 2 atom stereocenters. The quantitative estimate of drug-likeness (QED) is 0.807. The van der Waals surface area contributed by atoms with E-state index in [9.17, 15) is 17.6 Å². The number of alkyl halides is 3. The first-order valence-electron chi connectivity index (χ1n) is 4.61. The number of hydrogen-bond acceptors (Lipinski definition) is 3. The molecule has 0 aliphatic heterocycles. The van der Waals surface area contributed by atoms with Crippen molar-refractivity contribution >= 4 is 0 Å². The number of methoxy groups -OCH3 is 1. The van der Waals surface area contributed by atoms with E-state index in [1.165, 1.54) is 13.2 Å². The lowest BCUT2D eigenvalue weighted by Gasteiger charge is -2.22. The largest absolute Gasteiger partial charge is 0.497 e. The lowest BCUT2D eigenvalue weighted by atomic mass is 10.0. The van der Waals surface area contributed by atoms with E-state index in [0.29, 0.717) is 0 Å². The third-order valence-electron chi connectivity index (χ3n) is 2.24. The van der Waals surface area contributed by atoms with Crippen LogP contribution in [0.25, 0.3) is 0 Å². The van der Waals surface area contributed by atoms with Crippen molar-refractivity contribution in [3.05, 3.63) is 29.6 Å². The summed E-state index contributed by atoms with van der Waals surface area (Å²) in [4.78, 5) is 0. The minimum Gasteiger partial charge on any atom is -0.497 e. The molecule has 0 fully saturated rings. The van der Waals surface area contributed by atoms with Gasteiger partial charge in [0.25, 0.3) is 0 Å². The molecular weight excluding hydrogens is 242 g/mol. The highest BCUT2D eigenvalue weighted by atomic mass is 19.4. The van der Waals surface area contributed by atoms with Gasteiger partial charge in [-0.1, -0.05) is 6.07 Å². The lowest BCUT2D eigenvalue weighted by Crippen LogP contribution is -2.39. The summed E-state index contributed by atoms with van der Waals surface area (Å²) >= 11 is 0. The van der Waals surface area contributed by atoms with Gasteiger partial charge in [-0.15, -0.1) is 0 Å². The van der Waals surface area contributed by atoms with Gasteiger partial charge < -0.3 is 15.6 Å². The topological polar surface area (TPSA) is 55.5 Å². The average molecular weight is 253 g/mol. The number of rotatable bonds is 3. The SMILES string of the molecule is COc1ccc([C@H](N)[C@H](O)C(F)(F)F)c(F)c1. The molecule has 0 saturated heterocycles. The van der Waals surface area contributed by atoms with E-state index in [1.807, 2.05) is 0 Å². The van der Waals surface area contributed by atoms with Crippen LogP contribution in [0.1, 0.15) is 11.6 Å². The molecule has 7 heteroatoms. The summed E-state index contributed by atoms with van der Waals surface area (Å²) in [6, 6.07) is 1.34. The molecule has 17 heavy (non-hydrogen) atoms. The number of aliphatic hydroxyl groups excluding tert-OH is 1. The zero-order valence-electron chi connectivity index (χ0n) is 8.83. The molecule has 1 aromatic rings. The number of ether oxygens (including phenoxy) is 1. The van der Waals surface area contributed by atoms with E-state index in [-0.39, 0.29) is 5.75 Å². The van der Waals surface area contributed by atoms with Crippen LogP contribution >= 0.6 is 0 Å². The highest BCUT2D eigenvalue weighted by molar-refractivity contribution is 5.31. The summed E-state index contributed by atoms with van der Waals surface area (Å²) in [6.07, 6.45) is -7.71. The smallest absolute Gasteiger partial charge is 0.416 e. The Morgan fingerprint density at radius 3 is 2.35 bits per heavy atom. The number of nitrogens with two attached hydrogens (primary N) is 1. The molecule has 0 aliphatic rings. The molecule has 0 aromatic heterocycles. The Morgan fingerprint density at radius 2 is 1.94 bits per heavy atom. The number of aliphatic hydroxyl groups is 1. The van der Waals surface area contributed by atoms with Gasteiger partial charge in [0.05, 0.1) is 13.2 Å². The standard InChI is InChI=1S/C10H11F4NO2/c1-17-5-2-3-6(7(11)4-5)8(15)9(16)10(12,13)14/h2-4,8-9,16H,15H2,1H3/t8-,9-/m0/s1. The Hall–Kier alpha value is -1.34. The molecule has 0 spiro atoms. The van der Waals surface area contributed by atoms with Crippen LogP contribution in [0.4, 0.5) is 17.6 Å². The van der Waals surface area contributed by atoms with E-state index in [0.717, 1.165) is 12.1 Å². The molecule has 0 heterocycles. The number of benzene rings is 1. The first-order valence-corrected chi connectivity index (χ1v) is 4.61. The van der Waals surface area contributed by atoms with Crippen molar-refractivity contribution in [1.29, 1.82) is 0 Å². The molecule has 0 saturated carbocycles. The van der Waals surface area contributed by atoms with Crippen LogP contribution in [0.15, 0.2) is 18.2 Å². The summed E-state index contributed by atoms with van der Waals surface area (Å²) in [6.45, 7) is 0. The van der Waals surface area contributed by atoms with E-state index in [1.54, 1.807) is 0 Å². The van der Waals surface area contributed by atoms with Gasteiger partial charge in [-0.3, -0.25) is 0 Å². The Kier molecular flexibility index (Phi) is 3.94. The molecule has 1 rings (SSSR count). The van der Waals surface area contributed by atoms with Crippen LogP contribution in [0, 0.1) is 5.82 Å². The zero-order valence-corrected chi connectivity index (χ0v) is 8.83. The molecule has 0 bridgehead atoms. The van der Waals surface area contributed by atoms with Gasteiger partial charge in [-0.2, -0.15) is 13.2 Å². The molecule has 0 aliphatic carbocycles. The van der Waals surface area contributed by atoms with Crippen molar-refractivity contribution in [2.75, 3.05) is 7.11 Å². The summed E-state index contributed by atoms with van der Waals surface area (Å²) in [5.41, 5.74) is 4.75. The Labute approximate surface area is 94.8 Å². The molecular formula is C10H11F4NO2.